The van der Waals surface area contributed by atoms with Crippen LogP contribution in [-0.2, 0) is 4.74 Å². The molecule has 0 saturated carbocycles. The molecule has 0 saturated heterocycles. The van der Waals surface area contributed by atoms with Gasteiger partial charge in [-0.25, -0.2) is 4.79 Å². The van der Waals surface area contributed by atoms with E-state index >= 15 is 0 Å². The molecule has 0 aliphatic rings. The molecule has 6 nitrogen and oxygen atoms in total. The van der Waals surface area contributed by atoms with Crippen LogP contribution in [0.3, 0.4) is 0 Å². The van der Waals surface area contributed by atoms with Crippen molar-refractivity contribution >= 4 is 17.6 Å². The van der Waals surface area contributed by atoms with Crippen LogP contribution in [-0.4, -0.2) is 30.9 Å². The SMILES string of the molecule is COCOc1ccc(C)cc1C(=O)Nc1cc(-c2ccccc2)ccc1C(=O)O. The summed E-state index contributed by atoms with van der Waals surface area (Å²) in [7, 11) is 1.49. The Bertz CT molecular complexity index is 1030. The van der Waals surface area contributed by atoms with Gasteiger partial charge in [-0.3, -0.25) is 4.79 Å². The number of amides is 1. The topological polar surface area (TPSA) is 84.9 Å². The third kappa shape index (κ3) is 4.80. The van der Waals surface area contributed by atoms with Gasteiger partial charge in [0.05, 0.1) is 16.8 Å². The minimum absolute atomic E-state index is 0.00467. The lowest BCUT2D eigenvalue weighted by Gasteiger charge is -2.14. The van der Waals surface area contributed by atoms with Crippen molar-refractivity contribution in [1.29, 1.82) is 0 Å². The summed E-state index contributed by atoms with van der Waals surface area (Å²) in [6.07, 6.45) is 0. The van der Waals surface area contributed by atoms with Crippen molar-refractivity contribution in [2.75, 3.05) is 19.2 Å². The van der Waals surface area contributed by atoms with E-state index in [0.717, 1.165) is 16.7 Å². The van der Waals surface area contributed by atoms with Gasteiger partial charge in [0.25, 0.3) is 5.91 Å². The first-order valence-electron chi connectivity index (χ1n) is 8.96. The lowest BCUT2D eigenvalue weighted by molar-refractivity contribution is 0.0503. The molecule has 3 aromatic rings. The van der Waals surface area contributed by atoms with E-state index in [-0.39, 0.29) is 18.0 Å². The number of ether oxygens (including phenoxy) is 2. The highest BCUT2D eigenvalue weighted by molar-refractivity contribution is 6.09. The Morgan fingerprint density at radius 2 is 1.69 bits per heavy atom. The van der Waals surface area contributed by atoms with E-state index in [2.05, 4.69) is 5.32 Å². The number of methoxy groups -OCH3 is 1. The number of aromatic carboxylic acids is 1. The molecule has 29 heavy (non-hydrogen) atoms. The summed E-state index contributed by atoms with van der Waals surface area (Å²) in [6, 6.07) is 19.6. The van der Waals surface area contributed by atoms with Gasteiger partial charge < -0.3 is 19.9 Å². The fraction of sp³-hybridized carbons (Fsp3) is 0.130. The highest BCUT2D eigenvalue weighted by atomic mass is 16.7. The van der Waals surface area contributed by atoms with E-state index in [4.69, 9.17) is 9.47 Å². The smallest absolute Gasteiger partial charge is 0.337 e. The van der Waals surface area contributed by atoms with Crippen molar-refractivity contribution in [3.8, 4) is 16.9 Å². The monoisotopic (exact) mass is 391 g/mol. The number of carbonyl (C=O) groups excluding carboxylic acids is 1. The van der Waals surface area contributed by atoms with Gasteiger partial charge in [-0.2, -0.15) is 0 Å². The lowest BCUT2D eigenvalue weighted by atomic mass is 10.0. The van der Waals surface area contributed by atoms with Gasteiger partial charge in [0.2, 0.25) is 0 Å². The highest BCUT2D eigenvalue weighted by Crippen LogP contribution is 2.28. The second kappa shape index (κ2) is 9.03. The Morgan fingerprint density at radius 3 is 2.38 bits per heavy atom. The van der Waals surface area contributed by atoms with Gasteiger partial charge >= 0.3 is 5.97 Å². The zero-order valence-corrected chi connectivity index (χ0v) is 16.1. The van der Waals surface area contributed by atoms with Crippen LogP contribution in [0.4, 0.5) is 5.69 Å². The molecule has 0 bridgehead atoms. The van der Waals surface area contributed by atoms with Crippen LogP contribution in [0.25, 0.3) is 11.1 Å². The molecule has 2 N–H and O–H groups in total. The maximum Gasteiger partial charge on any atom is 0.337 e. The maximum absolute atomic E-state index is 12.9. The van der Waals surface area contributed by atoms with Crippen LogP contribution in [0.2, 0.25) is 0 Å². The molecule has 3 aromatic carbocycles. The van der Waals surface area contributed by atoms with Gasteiger partial charge in [0, 0.05) is 7.11 Å². The fourth-order valence-corrected chi connectivity index (χ4v) is 2.90. The van der Waals surface area contributed by atoms with Gasteiger partial charge in [0.1, 0.15) is 5.75 Å². The maximum atomic E-state index is 12.9. The van der Waals surface area contributed by atoms with E-state index in [0.29, 0.717) is 11.3 Å². The molecule has 0 heterocycles. The molecule has 0 radical (unpaired) electrons. The first-order valence-corrected chi connectivity index (χ1v) is 8.96. The van der Waals surface area contributed by atoms with Crippen LogP contribution in [0.15, 0.2) is 66.7 Å². The number of carboxylic acid groups (broad SMARTS) is 1. The first kappa shape index (κ1) is 20.1. The molecule has 6 heteroatoms. The lowest BCUT2D eigenvalue weighted by Crippen LogP contribution is -2.17. The summed E-state index contributed by atoms with van der Waals surface area (Å²) in [4.78, 5) is 24.6. The standard InChI is InChI=1S/C23H21NO5/c1-15-8-11-21(29-14-28-2)19(12-15)22(25)24-20-13-17(9-10-18(20)23(26)27)16-6-4-3-5-7-16/h3-13H,14H2,1-2H3,(H,24,25)(H,26,27). The minimum Gasteiger partial charge on any atom is -0.478 e. The molecular weight excluding hydrogens is 370 g/mol. The zero-order valence-electron chi connectivity index (χ0n) is 16.1. The van der Waals surface area contributed by atoms with Crippen molar-refractivity contribution in [3.63, 3.8) is 0 Å². The summed E-state index contributed by atoms with van der Waals surface area (Å²) in [5.41, 5.74) is 3.10. The molecule has 0 aromatic heterocycles. The first-order chi connectivity index (χ1) is 14.0. The van der Waals surface area contributed by atoms with Crippen molar-refractivity contribution in [1.82, 2.24) is 0 Å². The van der Waals surface area contributed by atoms with Gasteiger partial charge in [-0.15, -0.1) is 0 Å². The number of carbonyl (C=O) groups is 2. The number of hydrogen-bond donors (Lipinski definition) is 2. The molecule has 0 spiro atoms. The minimum atomic E-state index is -1.12. The number of rotatable bonds is 7. The summed E-state index contributed by atoms with van der Waals surface area (Å²) in [6.45, 7) is 1.85. The normalized spacial score (nSPS) is 10.4. The number of carboxylic acids is 1. The summed E-state index contributed by atoms with van der Waals surface area (Å²) in [5.74, 6) is -1.24. The number of benzene rings is 3. The van der Waals surface area contributed by atoms with Crippen LogP contribution >= 0.6 is 0 Å². The van der Waals surface area contributed by atoms with Crippen LogP contribution in [0, 0.1) is 6.92 Å². The Morgan fingerprint density at radius 1 is 0.931 bits per heavy atom. The van der Waals surface area contributed by atoms with E-state index in [1.807, 2.05) is 43.3 Å². The number of aryl methyl sites for hydroxylation is 1. The fourth-order valence-electron chi connectivity index (χ4n) is 2.90. The van der Waals surface area contributed by atoms with E-state index in [9.17, 15) is 14.7 Å². The molecule has 0 aliphatic heterocycles. The van der Waals surface area contributed by atoms with Crippen molar-refractivity contribution in [2.24, 2.45) is 0 Å². The Balaban J connectivity index is 1.97. The van der Waals surface area contributed by atoms with Gasteiger partial charge in [-0.1, -0.05) is 48.0 Å². The number of nitrogens with one attached hydrogen (secondary N) is 1. The molecule has 0 fully saturated rings. The Hall–Kier alpha value is -3.64. The predicted molar refractivity (Wildman–Crippen MR) is 110 cm³/mol. The largest absolute Gasteiger partial charge is 0.478 e. The van der Waals surface area contributed by atoms with E-state index in [1.165, 1.54) is 13.2 Å². The second-order valence-electron chi connectivity index (χ2n) is 6.44. The van der Waals surface area contributed by atoms with Gasteiger partial charge in [-0.05, 0) is 42.3 Å². The van der Waals surface area contributed by atoms with Crippen molar-refractivity contribution in [2.45, 2.75) is 6.92 Å². The van der Waals surface area contributed by atoms with E-state index in [1.54, 1.807) is 24.3 Å². The predicted octanol–water partition coefficient (Wildman–Crippen LogP) is 4.60. The number of hydrogen-bond acceptors (Lipinski definition) is 4. The average Bonchev–Trinajstić information content (AvgIpc) is 2.73. The third-order valence-corrected chi connectivity index (χ3v) is 4.32. The molecule has 1 amide bonds. The number of anilines is 1. The van der Waals surface area contributed by atoms with Crippen LogP contribution in [0.5, 0.6) is 5.75 Å². The molecule has 0 unspecified atom stereocenters. The highest BCUT2D eigenvalue weighted by Gasteiger charge is 2.18. The van der Waals surface area contributed by atoms with Crippen LogP contribution < -0.4 is 10.1 Å². The summed E-state index contributed by atoms with van der Waals surface area (Å²) >= 11 is 0. The Labute approximate surface area is 168 Å². The van der Waals surface area contributed by atoms with Gasteiger partial charge in [0.15, 0.2) is 6.79 Å². The quantitative estimate of drug-likeness (QED) is 0.575. The summed E-state index contributed by atoms with van der Waals surface area (Å²) in [5, 5.41) is 12.3. The van der Waals surface area contributed by atoms with E-state index < -0.39 is 11.9 Å². The second-order valence-corrected chi connectivity index (χ2v) is 6.44. The zero-order chi connectivity index (χ0) is 20.8. The summed E-state index contributed by atoms with van der Waals surface area (Å²) < 4.78 is 10.4. The molecular formula is C23H21NO5. The average molecular weight is 391 g/mol. The van der Waals surface area contributed by atoms with Crippen LogP contribution in [0.1, 0.15) is 26.3 Å². The van der Waals surface area contributed by atoms with Crippen molar-refractivity contribution in [3.05, 3.63) is 83.4 Å². The molecule has 0 aliphatic carbocycles. The molecule has 148 valence electrons. The molecule has 3 rings (SSSR count). The third-order valence-electron chi connectivity index (χ3n) is 4.32. The molecule has 0 atom stereocenters. The Kier molecular flexibility index (Phi) is 6.26. The van der Waals surface area contributed by atoms with Crippen molar-refractivity contribution < 1.29 is 24.2 Å².